The lowest BCUT2D eigenvalue weighted by molar-refractivity contribution is -0.121. The van der Waals surface area contributed by atoms with Gasteiger partial charge in [0.15, 0.2) is 11.5 Å². The summed E-state index contributed by atoms with van der Waals surface area (Å²) in [6.45, 7) is 1.97. The highest BCUT2D eigenvalue weighted by Gasteiger charge is 2.04. The summed E-state index contributed by atoms with van der Waals surface area (Å²) in [6, 6.07) is 4.58. The molecule has 0 bridgehead atoms. The first-order valence-corrected chi connectivity index (χ1v) is 6.26. The molecule has 0 spiro atoms. The Hall–Kier alpha value is -2.04. The molecule has 0 aliphatic rings. The molecule has 5 nitrogen and oxygen atoms in total. The van der Waals surface area contributed by atoms with Gasteiger partial charge in [-0.05, 0) is 37.5 Å². The Bertz CT molecular complexity index is 457. The molecular weight excluding hydrogens is 246 g/mol. The van der Waals surface area contributed by atoms with Crippen LogP contribution in [0.3, 0.4) is 0 Å². The van der Waals surface area contributed by atoms with Gasteiger partial charge in [0, 0.05) is 19.4 Å². The Morgan fingerprint density at radius 2 is 1.89 bits per heavy atom. The second-order valence-electron chi connectivity index (χ2n) is 4.48. The second-order valence-corrected chi connectivity index (χ2v) is 4.48. The van der Waals surface area contributed by atoms with E-state index in [1.807, 2.05) is 0 Å². The third-order valence-electron chi connectivity index (χ3n) is 2.71. The van der Waals surface area contributed by atoms with E-state index in [0.29, 0.717) is 32.2 Å². The molecule has 1 amide bonds. The van der Waals surface area contributed by atoms with E-state index in [4.69, 9.17) is 5.11 Å². The number of phenols is 2. The van der Waals surface area contributed by atoms with Gasteiger partial charge in [-0.3, -0.25) is 4.79 Å². The highest BCUT2D eigenvalue weighted by molar-refractivity contribution is 5.78. The monoisotopic (exact) mass is 265 g/mol. The van der Waals surface area contributed by atoms with Gasteiger partial charge in [-0.1, -0.05) is 6.07 Å². The van der Waals surface area contributed by atoms with E-state index in [0.717, 1.165) is 5.56 Å². The normalized spacial score (nSPS) is 10.2. The van der Waals surface area contributed by atoms with Gasteiger partial charge in [0.2, 0.25) is 5.91 Å². The van der Waals surface area contributed by atoms with Crippen LogP contribution in [0.25, 0.3) is 0 Å². The van der Waals surface area contributed by atoms with Crippen LogP contribution in [0.15, 0.2) is 18.2 Å². The van der Waals surface area contributed by atoms with Crippen LogP contribution in [0, 0.1) is 0 Å². The zero-order valence-electron chi connectivity index (χ0n) is 11.0. The minimum absolute atomic E-state index is 0.0794. The van der Waals surface area contributed by atoms with Crippen LogP contribution in [0.2, 0.25) is 0 Å². The molecule has 3 N–H and O–H groups in total. The van der Waals surface area contributed by atoms with Crippen molar-refractivity contribution in [3.05, 3.63) is 23.8 Å². The smallest absolute Gasteiger partial charge is 0.220 e. The van der Waals surface area contributed by atoms with Crippen molar-refractivity contribution in [2.45, 2.75) is 32.6 Å². The maximum absolute atomic E-state index is 11.4. The molecule has 5 heteroatoms. The Morgan fingerprint density at radius 3 is 2.53 bits per heavy atom. The van der Waals surface area contributed by atoms with Crippen LogP contribution in [-0.4, -0.2) is 28.4 Å². The SMILES string of the molecule is CC(=O)CCCC(=O)NCCc1ccc(O)c(O)c1. The van der Waals surface area contributed by atoms with Crippen molar-refractivity contribution >= 4 is 11.7 Å². The van der Waals surface area contributed by atoms with Gasteiger partial charge >= 0.3 is 0 Å². The van der Waals surface area contributed by atoms with Gasteiger partial charge in [-0.25, -0.2) is 0 Å². The molecule has 1 rings (SSSR count). The molecule has 0 atom stereocenters. The first-order chi connectivity index (χ1) is 8.99. The van der Waals surface area contributed by atoms with Gasteiger partial charge in [-0.15, -0.1) is 0 Å². The molecule has 0 saturated heterocycles. The molecule has 104 valence electrons. The highest BCUT2D eigenvalue weighted by Crippen LogP contribution is 2.24. The fraction of sp³-hybridized carbons (Fsp3) is 0.429. The Kier molecular flexibility index (Phi) is 5.85. The lowest BCUT2D eigenvalue weighted by Gasteiger charge is -2.06. The predicted octanol–water partition coefficient (Wildman–Crippen LogP) is 1.52. The number of hydrogen-bond acceptors (Lipinski definition) is 4. The van der Waals surface area contributed by atoms with E-state index in [1.165, 1.54) is 19.1 Å². The molecule has 1 aromatic carbocycles. The lowest BCUT2D eigenvalue weighted by Crippen LogP contribution is -2.25. The zero-order chi connectivity index (χ0) is 14.3. The van der Waals surface area contributed by atoms with Crippen LogP contribution in [0.1, 0.15) is 31.7 Å². The van der Waals surface area contributed by atoms with Gasteiger partial charge in [0.25, 0.3) is 0 Å². The average molecular weight is 265 g/mol. The van der Waals surface area contributed by atoms with Crippen LogP contribution in [0.4, 0.5) is 0 Å². The minimum Gasteiger partial charge on any atom is -0.504 e. The van der Waals surface area contributed by atoms with E-state index >= 15 is 0 Å². The van der Waals surface area contributed by atoms with Crippen molar-refractivity contribution in [1.82, 2.24) is 5.32 Å². The molecule has 1 aromatic rings. The molecule has 19 heavy (non-hydrogen) atoms. The fourth-order valence-corrected chi connectivity index (χ4v) is 1.66. The van der Waals surface area contributed by atoms with Crippen molar-refractivity contribution < 1.29 is 19.8 Å². The van der Waals surface area contributed by atoms with Gasteiger partial charge < -0.3 is 20.3 Å². The molecule has 0 saturated carbocycles. The van der Waals surface area contributed by atoms with Crippen molar-refractivity contribution in [2.75, 3.05) is 6.54 Å². The maximum Gasteiger partial charge on any atom is 0.220 e. The number of benzene rings is 1. The first kappa shape index (κ1) is 15.0. The number of ketones is 1. The summed E-state index contributed by atoms with van der Waals surface area (Å²) in [6.07, 6.45) is 1.92. The number of aromatic hydroxyl groups is 2. The summed E-state index contributed by atoms with van der Waals surface area (Å²) in [5.74, 6) is -0.307. The summed E-state index contributed by atoms with van der Waals surface area (Å²) < 4.78 is 0. The van der Waals surface area contributed by atoms with Crippen LogP contribution < -0.4 is 5.32 Å². The number of carbonyl (C=O) groups is 2. The number of hydrogen-bond donors (Lipinski definition) is 3. The van der Waals surface area contributed by atoms with E-state index in [1.54, 1.807) is 6.07 Å². The number of phenolic OH excluding ortho intramolecular Hbond substituents is 2. The van der Waals surface area contributed by atoms with E-state index in [9.17, 15) is 14.7 Å². The first-order valence-electron chi connectivity index (χ1n) is 6.26. The maximum atomic E-state index is 11.4. The van der Waals surface area contributed by atoms with E-state index in [2.05, 4.69) is 5.32 Å². The Morgan fingerprint density at radius 1 is 1.16 bits per heavy atom. The molecule has 0 aromatic heterocycles. The number of Topliss-reactive ketones (excluding diaryl/α,β-unsaturated/α-hetero) is 1. The van der Waals surface area contributed by atoms with Crippen molar-refractivity contribution in [3.8, 4) is 11.5 Å². The summed E-state index contributed by atoms with van der Waals surface area (Å²) in [7, 11) is 0. The number of rotatable bonds is 7. The summed E-state index contributed by atoms with van der Waals surface area (Å²) in [5, 5.41) is 21.2. The van der Waals surface area contributed by atoms with Gasteiger partial charge in [-0.2, -0.15) is 0 Å². The quantitative estimate of drug-likeness (QED) is 0.652. The third-order valence-corrected chi connectivity index (χ3v) is 2.71. The standard InChI is InChI=1S/C14H19NO4/c1-10(16)3-2-4-14(19)15-8-7-11-5-6-12(17)13(18)9-11/h5-6,9,17-18H,2-4,7-8H2,1H3,(H,15,19). The summed E-state index contributed by atoms with van der Waals surface area (Å²) in [5.41, 5.74) is 0.833. The summed E-state index contributed by atoms with van der Waals surface area (Å²) in [4.78, 5) is 22.1. The largest absolute Gasteiger partial charge is 0.504 e. The third kappa shape index (κ3) is 5.90. The molecule has 0 aliphatic heterocycles. The highest BCUT2D eigenvalue weighted by atomic mass is 16.3. The van der Waals surface area contributed by atoms with Crippen molar-refractivity contribution in [3.63, 3.8) is 0 Å². The summed E-state index contributed by atoms with van der Waals surface area (Å²) >= 11 is 0. The molecular formula is C14H19NO4. The predicted molar refractivity (Wildman–Crippen MR) is 71.0 cm³/mol. The second kappa shape index (κ2) is 7.41. The molecule has 0 radical (unpaired) electrons. The number of nitrogens with one attached hydrogen (secondary N) is 1. The van der Waals surface area contributed by atoms with E-state index in [-0.39, 0.29) is 23.2 Å². The zero-order valence-corrected chi connectivity index (χ0v) is 11.0. The fourth-order valence-electron chi connectivity index (χ4n) is 1.66. The Labute approximate surface area is 112 Å². The average Bonchev–Trinajstić information content (AvgIpc) is 2.33. The lowest BCUT2D eigenvalue weighted by atomic mass is 10.1. The minimum atomic E-state index is -0.162. The molecule has 0 aliphatic carbocycles. The molecule has 0 heterocycles. The topological polar surface area (TPSA) is 86.6 Å². The van der Waals surface area contributed by atoms with Gasteiger partial charge in [0.1, 0.15) is 5.78 Å². The van der Waals surface area contributed by atoms with E-state index < -0.39 is 0 Å². The van der Waals surface area contributed by atoms with Gasteiger partial charge in [0.05, 0.1) is 0 Å². The number of carbonyl (C=O) groups excluding carboxylic acids is 2. The molecule has 0 unspecified atom stereocenters. The van der Waals surface area contributed by atoms with Crippen molar-refractivity contribution in [1.29, 1.82) is 0 Å². The van der Waals surface area contributed by atoms with Crippen LogP contribution in [-0.2, 0) is 16.0 Å². The molecule has 0 fully saturated rings. The van der Waals surface area contributed by atoms with Crippen LogP contribution >= 0.6 is 0 Å². The number of amides is 1. The Balaban J connectivity index is 2.24. The van der Waals surface area contributed by atoms with Crippen molar-refractivity contribution in [2.24, 2.45) is 0 Å². The van der Waals surface area contributed by atoms with Crippen LogP contribution in [0.5, 0.6) is 11.5 Å².